The van der Waals surface area contributed by atoms with E-state index in [1.54, 1.807) is 16.8 Å². The van der Waals surface area contributed by atoms with Gasteiger partial charge in [0.05, 0.1) is 12.3 Å². The lowest BCUT2D eigenvalue weighted by Crippen LogP contribution is -2.13. The van der Waals surface area contributed by atoms with Crippen molar-refractivity contribution in [2.24, 2.45) is 0 Å². The van der Waals surface area contributed by atoms with Crippen molar-refractivity contribution in [2.75, 3.05) is 6.61 Å². The normalized spacial score (nSPS) is 10.5. The number of ether oxygens (including phenoxy) is 1. The molecule has 4 heteroatoms. The van der Waals surface area contributed by atoms with Gasteiger partial charge in [-0.25, -0.2) is 0 Å². The number of hydrogen-bond donors (Lipinski definition) is 0. The van der Waals surface area contributed by atoms with Crippen molar-refractivity contribution in [2.45, 2.75) is 27.3 Å². The quantitative estimate of drug-likeness (QED) is 0.775. The first-order chi connectivity index (χ1) is 9.10. The van der Waals surface area contributed by atoms with E-state index >= 15 is 0 Å². The summed E-state index contributed by atoms with van der Waals surface area (Å²) in [5.41, 5.74) is 2.60. The lowest BCUT2D eigenvalue weighted by atomic mass is 10.1. The van der Waals surface area contributed by atoms with Crippen LogP contribution in [0.5, 0.6) is 5.75 Å². The Balaban J connectivity index is 2.09. The minimum absolute atomic E-state index is 0.0502. The average Bonchev–Trinajstić information content (AvgIpc) is 2.69. The third-order valence-electron chi connectivity index (χ3n) is 2.88. The Morgan fingerprint density at radius 3 is 2.47 bits per heavy atom. The van der Waals surface area contributed by atoms with E-state index in [1.165, 1.54) is 0 Å². The van der Waals surface area contributed by atoms with Gasteiger partial charge in [0.1, 0.15) is 12.3 Å². The summed E-state index contributed by atoms with van der Waals surface area (Å²) in [5, 5.41) is 4.29. The van der Waals surface area contributed by atoms with Crippen LogP contribution < -0.4 is 4.74 Å². The molecule has 2 aromatic rings. The Bertz CT molecular complexity index is 570. The van der Waals surface area contributed by atoms with Crippen molar-refractivity contribution in [3.63, 3.8) is 0 Å². The highest BCUT2D eigenvalue weighted by atomic mass is 16.5. The number of aryl methyl sites for hydroxylation is 2. The maximum absolute atomic E-state index is 12.1. The van der Waals surface area contributed by atoms with E-state index in [0.717, 1.165) is 17.1 Å². The molecule has 1 heterocycles. The molecule has 100 valence electrons. The summed E-state index contributed by atoms with van der Waals surface area (Å²) in [6.07, 6.45) is 0. The van der Waals surface area contributed by atoms with Crippen LogP contribution in [0.4, 0.5) is 0 Å². The van der Waals surface area contributed by atoms with Crippen LogP contribution >= 0.6 is 0 Å². The predicted molar refractivity (Wildman–Crippen MR) is 73.6 cm³/mol. The Morgan fingerprint density at radius 2 is 1.95 bits per heavy atom. The van der Waals surface area contributed by atoms with Gasteiger partial charge in [0.2, 0.25) is 0 Å². The number of rotatable bonds is 5. The number of aromatic nitrogens is 2. The van der Waals surface area contributed by atoms with Crippen LogP contribution in [0.2, 0.25) is 0 Å². The summed E-state index contributed by atoms with van der Waals surface area (Å²) in [5.74, 6) is 0.833. The molecule has 1 aromatic heterocycles. The molecule has 2 rings (SSSR count). The zero-order valence-electron chi connectivity index (χ0n) is 11.5. The highest BCUT2D eigenvalue weighted by molar-refractivity contribution is 5.95. The van der Waals surface area contributed by atoms with E-state index in [1.807, 2.05) is 39.0 Å². The molecule has 0 fully saturated rings. The Morgan fingerprint density at radius 1 is 1.26 bits per heavy atom. The van der Waals surface area contributed by atoms with Crippen molar-refractivity contribution < 1.29 is 9.53 Å². The molecule has 0 atom stereocenters. The molecule has 0 aliphatic heterocycles. The molecule has 0 N–H and O–H groups in total. The van der Waals surface area contributed by atoms with E-state index in [4.69, 9.17) is 4.74 Å². The molecule has 0 spiro atoms. The van der Waals surface area contributed by atoms with Crippen molar-refractivity contribution in [1.82, 2.24) is 9.78 Å². The van der Waals surface area contributed by atoms with Crippen LogP contribution in [0.25, 0.3) is 0 Å². The number of ketones is 1. The highest BCUT2D eigenvalue weighted by Gasteiger charge is 2.09. The summed E-state index contributed by atoms with van der Waals surface area (Å²) in [6, 6.07) is 9.18. The molecule has 0 bridgehead atoms. The number of carbonyl (C=O) groups excluding carboxylic acids is 1. The van der Waals surface area contributed by atoms with Gasteiger partial charge in [-0.1, -0.05) is 0 Å². The molecule has 0 aliphatic rings. The maximum Gasteiger partial charge on any atom is 0.184 e. The third kappa shape index (κ3) is 3.22. The molecular weight excluding hydrogens is 240 g/mol. The molecule has 0 radical (unpaired) electrons. The maximum atomic E-state index is 12.1. The van der Waals surface area contributed by atoms with E-state index < -0.39 is 0 Å². The first-order valence-electron chi connectivity index (χ1n) is 6.37. The summed E-state index contributed by atoms with van der Waals surface area (Å²) in [6.45, 7) is 6.70. The van der Waals surface area contributed by atoms with Crippen LogP contribution in [0, 0.1) is 13.8 Å². The third-order valence-corrected chi connectivity index (χ3v) is 2.88. The van der Waals surface area contributed by atoms with E-state index in [9.17, 15) is 4.79 Å². The Labute approximate surface area is 113 Å². The molecule has 4 nitrogen and oxygen atoms in total. The fourth-order valence-electron chi connectivity index (χ4n) is 1.97. The number of benzene rings is 1. The standard InChI is InChI=1S/C15H18N2O2/c1-4-19-14-7-5-13(6-8-14)15(18)10-17-12(3)9-11(2)16-17/h5-9H,4,10H2,1-3H3. The minimum atomic E-state index is 0.0502. The molecule has 0 aliphatic carbocycles. The summed E-state index contributed by atoms with van der Waals surface area (Å²) >= 11 is 0. The summed E-state index contributed by atoms with van der Waals surface area (Å²) in [4.78, 5) is 12.1. The van der Waals surface area contributed by atoms with Crippen LogP contribution in [-0.2, 0) is 6.54 Å². The number of hydrogen-bond acceptors (Lipinski definition) is 3. The minimum Gasteiger partial charge on any atom is -0.494 e. The summed E-state index contributed by atoms with van der Waals surface area (Å²) < 4.78 is 7.08. The predicted octanol–water partition coefficient (Wildman–Crippen LogP) is 2.78. The van der Waals surface area contributed by atoms with Crippen molar-refractivity contribution >= 4 is 5.78 Å². The highest BCUT2D eigenvalue weighted by Crippen LogP contribution is 2.13. The SMILES string of the molecule is CCOc1ccc(C(=O)Cn2nc(C)cc2C)cc1. The van der Waals surface area contributed by atoms with Gasteiger partial charge in [0.15, 0.2) is 5.78 Å². The van der Waals surface area contributed by atoms with Crippen LogP contribution in [0.15, 0.2) is 30.3 Å². The molecule has 19 heavy (non-hydrogen) atoms. The molecule has 0 saturated heterocycles. The van der Waals surface area contributed by atoms with Crippen LogP contribution in [-0.4, -0.2) is 22.2 Å². The van der Waals surface area contributed by atoms with Gasteiger partial charge in [-0.2, -0.15) is 5.10 Å². The van der Waals surface area contributed by atoms with Crippen LogP contribution in [0.1, 0.15) is 28.7 Å². The zero-order valence-corrected chi connectivity index (χ0v) is 11.5. The van der Waals surface area contributed by atoms with Gasteiger partial charge in [-0.3, -0.25) is 9.48 Å². The first-order valence-corrected chi connectivity index (χ1v) is 6.37. The molecule has 0 saturated carbocycles. The van der Waals surface area contributed by atoms with Gasteiger partial charge in [-0.15, -0.1) is 0 Å². The Hall–Kier alpha value is -2.10. The van der Waals surface area contributed by atoms with E-state index in [2.05, 4.69) is 5.10 Å². The molecule has 0 unspecified atom stereocenters. The molecular formula is C15H18N2O2. The number of carbonyl (C=O) groups is 1. The van der Waals surface area contributed by atoms with E-state index in [-0.39, 0.29) is 12.3 Å². The lowest BCUT2D eigenvalue weighted by Gasteiger charge is -2.06. The summed E-state index contributed by atoms with van der Waals surface area (Å²) in [7, 11) is 0. The Kier molecular flexibility index (Phi) is 4.00. The van der Waals surface area contributed by atoms with Crippen molar-refractivity contribution in [1.29, 1.82) is 0 Å². The largest absolute Gasteiger partial charge is 0.494 e. The second-order valence-corrected chi connectivity index (χ2v) is 4.47. The topological polar surface area (TPSA) is 44.1 Å². The van der Waals surface area contributed by atoms with Gasteiger partial charge >= 0.3 is 0 Å². The average molecular weight is 258 g/mol. The second kappa shape index (κ2) is 5.69. The fraction of sp³-hybridized carbons (Fsp3) is 0.333. The van der Waals surface area contributed by atoms with Gasteiger partial charge in [-0.05, 0) is 51.1 Å². The van der Waals surface area contributed by atoms with Gasteiger partial charge < -0.3 is 4.74 Å². The fourth-order valence-corrected chi connectivity index (χ4v) is 1.97. The van der Waals surface area contributed by atoms with Gasteiger partial charge in [0.25, 0.3) is 0 Å². The van der Waals surface area contributed by atoms with Crippen molar-refractivity contribution in [3.8, 4) is 5.75 Å². The van der Waals surface area contributed by atoms with Crippen LogP contribution in [0.3, 0.4) is 0 Å². The monoisotopic (exact) mass is 258 g/mol. The van der Waals surface area contributed by atoms with Crippen molar-refractivity contribution in [3.05, 3.63) is 47.3 Å². The number of nitrogens with zero attached hydrogens (tertiary/aromatic N) is 2. The molecule has 0 amide bonds. The number of Topliss-reactive ketones (excluding diaryl/α,β-unsaturated/α-hetero) is 1. The second-order valence-electron chi connectivity index (χ2n) is 4.47. The van der Waals surface area contributed by atoms with E-state index in [0.29, 0.717) is 12.2 Å². The lowest BCUT2D eigenvalue weighted by molar-refractivity contribution is 0.0966. The van der Waals surface area contributed by atoms with Gasteiger partial charge in [0, 0.05) is 11.3 Å². The first kappa shape index (κ1) is 13.3. The smallest absolute Gasteiger partial charge is 0.184 e. The zero-order chi connectivity index (χ0) is 13.8. The molecule has 1 aromatic carbocycles.